The van der Waals surface area contributed by atoms with E-state index in [-0.39, 0.29) is 17.2 Å². The lowest BCUT2D eigenvalue weighted by molar-refractivity contribution is 0.0951. The van der Waals surface area contributed by atoms with Crippen LogP contribution < -0.4 is 20.8 Å². The molecule has 7 nitrogen and oxygen atoms in total. The normalized spacial score (nSPS) is 14.2. The van der Waals surface area contributed by atoms with Crippen molar-refractivity contribution in [3.05, 3.63) is 63.6 Å². The molecule has 2 N–H and O–H groups in total. The Labute approximate surface area is 176 Å². The number of amides is 2. The van der Waals surface area contributed by atoms with E-state index >= 15 is 0 Å². The van der Waals surface area contributed by atoms with Gasteiger partial charge in [0.05, 0.1) is 7.11 Å². The standard InChI is InChI=1S/C23H29N3O4/c1-24-22(28)19-14-26(17-8-4-3-5-9-17)15-20(21(19)27)23(29)25-12-11-16-7-6-10-18(13-16)30-2/h6-7,10,13-15,17H,3-5,8-9,11-12H2,1-2H3,(H,24,28)(H,25,29). The summed E-state index contributed by atoms with van der Waals surface area (Å²) in [6, 6.07) is 7.82. The third-order valence-corrected chi connectivity index (χ3v) is 5.59. The molecule has 0 radical (unpaired) electrons. The zero-order valence-corrected chi connectivity index (χ0v) is 17.6. The molecule has 7 heteroatoms. The van der Waals surface area contributed by atoms with E-state index in [1.54, 1.807) is 19.5 Å². The summed E-state index contributed by atoms with van der Waals surface area (Å²) in [6.45, 7) is 0.374. The summed E-state index contributed by atoms with van der Waals surface area (Å²) < 4.78 is 7.09. The van der Waals surface area contributed by atoms with Crippen LogP contribution in [-0.2, 0) is 6.42 Å². The fourth-order valence-electron chi connectivity index (χ4n) is 3.89. The highest BCUT2D eigenvalue weighted by Crippen LogP contribution is 2.28. The van der Waals surface area contributed by atoms with Crippen LogP contribution in [0.3, 0.4) is 0 Å². The molecular weight excluding hydrogens is 382 g/mol. The Hall–Kier alpha value is -3.09. The van der Waals surface area contributed by atoms with Crippen LogP contribution in [0.2, 0.25) is 0 Å². The second-order valence-electron chi connectivity index (χ2n) is 7.59. The molecule has 0 saturated heterocycles. The Bertz CT molecular complexity index is 961. The fraction of sp³-hybridized carbons (Fsp3) is 0.435. The number of benzene rings is 1. The quantitative estimate of drug-likeness (QED) is 0.733. The highest BCUT2D eigenvalue weighted by molar-refractivity contribution is 5.99. The number of ether oxygens (including phenoxy) is 1. The zero-order chi connectivity index (χ0) is 21.5. The van der Waals surface area contributed by atoms with Gasteiger partial charge in [-0.05, 0) is 37.0 Å². The lowest BCUT2D eigenvalue weighted by Gasteiger charge is -2.25. The van der Waals surface area contributed by atoms with Gasteiger partial charge in [-0.3, -0.25) is 14.4 Å². The Morgan fingerprint density at radius 3 is 2.47 bits per heavy atom. The summed E-state index contributed by atoms with van der Waals surface area (Å²) in [4.78, 5) is 37.8. The van der Waals surface area contributed by atoms with Gasteiger partial charge in [0.1, 0.15) is 16.9 Å². The van der Waals surface area contributed by atoms with E-state index in [0.717, 1.165) is 37.0 Å². The van der Waals surface area contributed by atoms with Gasteiger partial charge in [-0.1, -0.05) is 31.4 Å². The summed E-state index contributed by atoms with van der Waals surface area (Å²) in [6.07, 6.45) is 9.16. The van der Waals surface area contributed by atoms with E-state index in [9.17, 15) is 14.4 Å². The molecule has 0 bridgehead atoms. The van der Waals surface area contributed by atoms with Gasteiger partial charge in [-0.2, -0.15) is 0 Å². The van der Waals surface area contributed by atoms with Crippen LogP contribution in [0.15, 0.2) is 41.5 Å². The minimum absolute atomic E-state index is 0.00326. The number of methoxy groups -OCH3 is 1. The number of hydrogen-bond donors (Lipinski definition) is 2. The average molecular weight is 412 g/mol. The lowest BCUT2D eigenvalue weighted by atomic mass is 9.95. The van der Waals surface area contributed by atoms with Crippen molar-refractivity contribution in [1.82, 2.24) is 15.2 Å². The van der Waals surface area contributed by atoms with E-state index in [0.29, 0.717) is 13.0 Å². The largest absolute Gasteiger partial charge is 0.497 e. The van der Waals surface area contributed by atoms with Gasteiger partial charge >= 0.3 is 0 Å². The van der Waals surface area contributed by atoms with Crippen molar-refractivity contribution in [3.8, 4) is 5.75 Å². The van der Waals surface area contributed by atoms with Crippen molar-refractivity contribution in [3.63, 3.8) is 0 Å². The lowest BCUT2D eigenvalue weighted by Crippen LogP contribution is -2.35. The van der Waals surface area contributed by atoms with Gasteiger partial charge in [0.25, 0.3) is 11.8 Å². The zero-order valence-electron chi connectivity index (χ0n) is 17.6. The van der Waals surface area contributed by atoms with Crippen LogP contribution in [0.1, 0.15) is 64.4 Å². The number of pyridine rings is 1. The molecule has 3 rings (SSSR count). The predicted molar refractivity (Wildman–Crippen MR) is 115 cm³/mol. The van der Waals surface area contributed by atoms with Crippen LogP contribution >= 0.6 is 0 Å². The maximum absolute atomic E-state index is 12.8. The summed E-state index contributed by atoms with van der Waals surface area (Å²) in [5.74, 6) is -0.179. The molecule has 30 heavy (non-hydrogen) atoms. The molecule has 1 aliphatic rings. The minimum atomic E-state index is -0.541. The molecule has 1 aromatic heterocycles. The van der Waals surface area contributed by atoms with Crippen molar-refractivity contribution < 1.29 is 14.3 Å². The minimum Gasteiger partial charge on any atom is -0.497 e. The summed E-state index contributed by atoms with van der Waals surface area (Å²) >= 11 is 0. The monoisotopic (exact) mass is 411 g/mol. The van der Waals surface area contributed by atoms with E-state index < -0.39 is 17.2 Å². The Morgan fingerprint density at radius 2 is 1.80 bits per heavy atom. The molecule has 2 aromatic rings. The summed E-state index contributed by atoms with van der Waals surface area (Å²) in [5.41, 5.74) is 0.490. The highest BCUT2D eigenvalue weighted by atomic mass is 16.5. The summed E-state index contributed by atoms with van der Waals surface area (Å²) in [7, 11) is 3.09. The number of carbonyl (C=O) groups excluding carboxylic acids is 2. The third-order valence-electron chi connectivity index (χ3n) is 5.59. The molecular formula is C23H29N3O4. The predicted octanol–water partition coefficient (Wildman–Crippen LogP) is 2.69. The number of nitrogens with one attached hydrogen (secondary N) is 2. The molecule has 1 saturated carbocycles. The van der Waals surface area contributed by atoms with Crippen LogP contribution in [0.5, 0.6) is 5.75 Å². The smallest absolute Gasteiger partial charge is 0.256 e. The Balaban J connectivity index is 1.79. The molecule has 0 spiro atoms. The molecule has 0 unspecified atom stereocenters. The first-order valence-electron chi connectivity index (χ1n) is 10.4. The molecule has 1 fully saturated rings. The number of carbonyl (C=O) groups is 2. The van der Waals surface area contributed by atoms with Gasteiger partial charge in [0.2, 0.25) is 5.43 Å². The van der Waals surface area contributed by atoms with Crippen LogP contribution in [0.25, 0.3) is 0 Å². The molecule has 1 heterocycles. The number of hydrogen-bond acceptors (Lipinski definition) is 4. The summed E-state index contributed by atoms with van der Waals surface area (Å²) in [5, 5.41) is 5.31. The Kier molecular flexibility index (Phi) is 7.27. The molecule has 2 amide bonds. The Morgan fingerprint density at radius 1 is 1.10 bits per heavy atom. The number of rotatable bonds is 7. The van der Waals surface area contributed by atoms with Crippen molar-refractivity contribution in [2.45, 2.75) is 44.6 Å². The van der Waals surface area contributed by atoms with Gasteiger partial charge < -0.3 is 19.9 Å². The van der Waals surface area contributed by atoms with E-state index in [2.05, 4.69) is 10.6 Å². The van der Waals surface area contributed by atoms with Crippen molar-refractivity contribution in [1.29, 1.82) is 0 Å². The molecule has 0 aliphatic heterocycles. The SMILES string of the molecule is CNC(=O)c1cn(C2CCCCC2)cc(C(=O)NCCc2cccc(OC)c2)c1=O. The third kappa shape index (κ3) is 5.09. The van der Waals surface area contributed by atoms with E-state index in [4.69, 9.17) is 4.74 Å². The second-order valence-corrected chi connectivity index (χ2v) is 7.59. The van der Waals surface area contributed by atoms with Gasteiger partial charge in [0, 0.05) is 32.0 Å². The van der Waals surface area contributed by atoms with Crippen molar-refractivity contribution in [2.75, 3.05) is 20.7 Å². The van der Waals surface area contributed by atoms with Crippen LogP contribution in [0.4, 0.5) is 0 Å². The van der Waals surface area contributed by atoms with Gasteiger partial charge in [-0.15, -0.1) is 0 Å². The average Bonchev–Trinajstić information content (AvgIpc) is 2.79. The number of aromatic nitrogens is 1. The maximum Gasteiger partial charge on any atom is 0.256 e. The maximum atomic E-state index is 12.8. The van der Waals surface area contributed by atoms with Gasteiger partial charge in [0.15, 0.2) is 0 Å². The van der Waals surface area contributed by atoms with Crippen molar-refractivity contribution in [2.24, 2.45) is 0 Å². The van der Waals surface area contributed by atoms with Crippen LogP contribution in [0, 0.1) is 0 Å². The second kappa shape index (κ2) is 10.1. The highest BCUT2D eigenvalue weighted by Gasteiger charge is 2.22. The molecule has 0 atom stereocenters. The molecule has 160 valence electrons. The number of nitrogens with zero attached hydrogens (tertiary/aromatic N) is 1. The van der Waals surface area contributed by atoms with Crippen molar-refractivity contribution >= 4 is 11.8 Å². The molecule has 1 aromatic carbocycles. The first kappa shape index (κ1) is 21.6. The van der Waals surface area contributed by atoms with E-state index in [1.807, 2.05) is 28.8 Å². The topological polar surface area (TPSA) is 89.4 Å². The fourth-order valence-corrected chi connectivity index (χ4v) is 3.89. The van der Waals surface area contributed by atoms with Crippen LogP contribution in [-0.4, -0.2) is 37.1 Å². The first-order valence-corrected chi connectivity index (χ1v) is 10.4. The molecule has 1 aliphatic carbocycles. The first-order chi connectivity index (χ1) is 14.5. The van der Waals surface area contributed by atoms with E-state index in [1.165, 1.54) is 13.5 Å². The van der Waals surface area contributed by atoms with Gasteiger partial charge in [-0.25, -0.2) is 0 Å².